The molecule has 0 aromatic carbocycles. The highest BCUT2D eigenvalue weighted by Gasteiger charge is 2.38. The van der Waals surface area contributed by atoms with Crippen LogP contribution in [0, 0.1) is 5.92 Å². The molecule has 1 aromatic heterocycles. The van der Waals surface area contributed by atoms with Gasteiger partial charge in [-0.15, -0.1) is 0 Å². The molecule has 3 nitrogen and oxygen atoms in total. The maximum atomic E-state index is 12.4. The largest absolute Gasteiger partial charge is 0.394 e. The van der Waals surface area contributed by atoms with Crippen molar-refractivity contribution in [1.29, 1.82) is 0 Å². The number of aryl methyl sites for hydroxylation is 1. The Labute approximate surface area is 86.1 Å². The number of nitrogens with two attached hydrogens (primary N) is 1. The molecule has 2 N–H and O–H groups in total. The topological polar surface area (TPSA) is 43.8 Å². The van der Waals surface area contributed by atoms with Crippen molar-refractivity contribution in [1.82, 2.24) is 9.55 Å². The molecule has 0 saturated carbocycles. The molecule has 0 bridgehead atoms. The van der Waals surface area contributed by atoms with Gasteiger partial charge < -0.3 is 10.3 Å². The van der Waals surface area contributed by atoms with Gasteiger partial charge in [-0.2, -0.15) is 13.2 Å². The fraction of sp³-hybridized carbons (Fsp3) is 0.667. The summed E-state index contributed by atoms with van der Waals surface area (Å²) in [5.74, 6) is -0.852. The zero-order valence-electron chi connectivity index (χ0n) is 8.46. The lowest BCUT2D eigenvalue weighted by atomic mass is 10.1. The van der Waals surface area contributed by atoms with Gasteiger partial charge in [0, 0.05) is 31.9 Å². The highest BCUT2D eigenvalue weighted by molar-refractivity contribution is 4.92. The first-order valence-electron chi connectivity index (χ1n) is 4.75. The Balaban J connectivity index is 2.75. The van der Waals surface area contributed by atoms with E-state index in [9.17, 15) is 13.2 Å². The minimum absolute atomic E-state index is 0.150. The van der Waals surface area contributed by atoms with Crippen LogP contribution in [0.1, 0.15) is 12.7 Å². The normalized spacial score (nSPS) is 14.2. The van der Waals surface area contributed by atoms with Crippen molar-refractivity contribution in [3.63, 3.8) is 0 Å². The fourth-order valence-electron chi connectivity index (χ4n) is 1.37. The summed E-state index contributed by atoms with van der Waals surface area (Å²) in [5, 5.41) is 0. The first kappa shape index (κ1) is 12.0. The average Bonchev–Trinajstić information content (AvgIpc) is 2.59. The van der Waals surface area contributed by atoms with Gasteiger partial charge in [0.25, 0.3) is 0 Å². The predicted molar refractivity (Wildman–Crippen MR) is 50.2 cm³/mol. The van der Waals surface area contributed by atoms with Crippen LogP contribution in [-0.2, 0) is 13.0 Å². The maximum Gasteiger partial charge on any atom is 0.394 e. The molecule has 1 atom stereocenters. The summed E-state index contributed by atoms with van der Waals surface area (Å²) in [7, 11) is 0. The molecule has 0 fully saturated rings. The van der Waals surface area contributed by atoms with E-state index in [2.05, 4.69) is 4.98 Å². The van der Waals surface area contributed by atoms with Crippen molar-refractivity contribution in [3.05, 3.63) is 18.2 Å². The molecule has 0 aliphatic carbocycles. The zero-order valence-corrected chi connectivity index (χ0v) is 8.46. The van der Waals surface area contributed by atoms with Crippen molar-refractivity contribution in [2.45, 2.75) is 26.1 Å². The van der Waals surface area contributed by atoms with E-state index in [1.165, 1.54) is 10.8 Å². The zero-order chi connectivity index (χ0) is 11.5. The second kappa shape index (κ2) is 4.65. The van der Waals surface area contributed by atoms with Gasteiger partial charge in [-0.05, 0) is 0 Å². The molecule has 0 spiro atoms. The van der Waals surface area contributed by atoms with Crippen LogP contribution in [0.4, 0.5) is 13.2 Å². The highest BCUT2D eigenvalue weighted by Crippen LogP contribution is 2.26. The third-order valence-electron chi connectivity index (χ3n) is 2.28. The number of halogens is 3. The number of hydrogen-bond acceptors (Lipinski definition) is 2. The van der Waals surface area contributed by atoms with Gasteiger partial charge in [0.2, 0.25) is 0 Å². The molecule has 1 aromatic rings. The predicted octanol–water partition coefficient (Wildman–Crippen LogP) is 1.58. The molecule has 6 heteroatoms. The van der Waals surface area contributed by atoms with Gasteiger partial charge in [0.1, 0.15) is 5.82 Å². The third-order valence-corrected chi connectivity index (χ3v) is 2.28. The van der Waals surface area contributed by atoms with E-state index in [0.29, 0.717) is 12.2 Å². The smallest absolute Gasteiger partial charge is 0.334 e. The number of aromatic nitrogens is 2. The molecule has 15 heavy (non-hydrogen) atoms. The number of hydrogen-bond donors (Lipinski definition) is 1. The Hall–Kier alpha value is -1.04. The Morgan fingerprint density at radius 1 is 1.53 bits per heavy atom. The molecule has 0 radical (unpaired) electrons. The maximum absolute atomic E-state index is 12.4. The second-order valence-electron chi connectivity index (χ2n) is 3.32. The lowest BCUT2D eigenvalue weighted by Gasteiger charge is -2.19. The molecule has 86 valence electrons. The van der Waals surface area contributed by atoms with Crippen molar-refractivity contribution >= 4 is 0 Å². The van der Waals surface area contributed by atoms with Crippen LogP contribution in [0.3, 0.4) is 0 Å². The average molecular weight is 221 g/mol. The molecule has 0 amide bonds. The van der Waals surface area contributed by atoms with Crippen molar-refractivity contribution < 1.29 is 13.2 Å². The SMILES string of the molecule is CCc1nccn1CC(CN)C(F)(F)F. The first-order chi connectivity index (χ1) is 6.99. The summed E-state index contributed by atoms with van der Waals surface area (Å²) in [5.41, 5.74) is 5.11. The number of imidazole rings is 1. The monoisotopic (exact) mass is 221 g/mol. The van der Waals surface area contributed by atoms with Gasteiger partial charge in [0.15, 0.2) is 0 Å². The molecule has 0 saturated heterocycles. The summed E-state index contributed by atoms with van der Waals surface area (Å²) in [6.45, 7) is 1.30. The van der Waals surface area contributed by atoms with E-state index in [0.717, 1.165) is 0 Å². The van der Waals surface area contributed by atoms with Crippen LogP contribution < -0.4 is 5.73 Å². The third kappa shape index (κ3) is 2.95. The molecular weight excluding hydrogens is 207 g/mol. The van der Waals surface area contributed by atoms with E-state index in [1.54, 1.807) is 6.20 Å². The van der Waals surface area contributed by atoms with E-state index in [-0.39, 0.29) is 6.54 Å². The lowest BCUT2D eigenvalue weighted by Crippen LogP contribution is -2.34. The minimum Gasteiger partial charge on any atom is -0.334 e. The molecule has 1 rings (SSSR count). The van der Waals surface area contributed by atoms with Gasteiger partial charge in [0.05, 0.1) is 5.92 Å². The number of rotatable bonds is 4. The molecule has 0 aliphatic heterocycles. The van der Waals surface area contributed by atoms with Gasteiger partial charge in [-0.3, -0.25) is 0 Å². The van der Waals surface area contributed by atoms with E-state index in [1.807, 2.05) is 6.92 Å². The van der Waals surface area contributed by atoms with Crippen LogP contribution in [0.25, 0.3) is 0 Å². The Morgan fingerprint density at radius 3 is 2.67 bits per heavy atom. The lowest BCUT2D eigenvalue weighted by molar-refractivity contribution is -0.175. The summed E-state index contributed by atoms with van der Waals surface area (Å²) < 4.78 is 38.8. The van der Waals surface area contributed by atoms with Crippen molar-refractivity contribution in [2.24, 2.45) is 11.7 Å². The van der Waals surface area contributed by atoms with Crippen LogP contribution in [0.2, 0.25) is 0 Å². The minimum atomic E-state index is -4.25. The van der Waals surface area contributed by atoms with Crippen molar-refractivity contribution in [3.8, 4) is 0 Å². The van der Waals surface area contributed by atoms with Gasteiger partial charge in [-0.25, -0.2) is 4.98 Å². The number of nitrogens with zero attached hydrogens (tertiary/aromatic N) is 2. The van der Waals surface area contributed by atoms with E-state index in [4.69, 9.17) is 5.73 Å². The molecule has 1 unspecified atom stereocenters. The fourth-order valence-corrected chi connectivity index (χ4v) is 1.37. The van der Waals surface area contributed by atoms with E-state index < -0.39 is 18.6 Å². The first-order valence-corrected chi connectivity index (χ1v) is 4.75. The number of alkyl halides is 3. The highest BCUT2D eigenvalue weighted by atomic mass is 19.4. The summed E-state index contributed by atoms with van der Waals surface area (Å²) in [6.07, 6.45) is -0.581. The van der Waals surface area contributed by atoms with Crippen LogP contribution in [0.15, 0.2) is 12.4 Å². The summed E-state index contributed by atoms with van der Waals surface area (Å²) in [6, 6.07) is 0. The summed E-state index contributed by atoms with van der Waals surface area (Å²) in [4.78, 5) is 3.96. The van der Waals surface area contributed by atoms with Crippen LogP contribution >= 0.6 is 0 Å². The summed E-state index contributed by atoms with van der Waals surface area (Å²) >= 11 is 0. The van der Waals surface area contributed by atoms with E-state index >= 15 is 0 Å². The van der Waals surface area contributed by atoms with Crippen molar-refractivity contribution in [2.75, 3.05) is 6.54 Å². The molecular formula is C9H14F3N3. The van der Waals surface area contributed by atoms with Crippen LogP contribution in [0.5, 0.6) is 0 Å². The Kier molecular flexibility index (Phi) is 3.73. The van der Waals surface area contributed by atoms with Gasteiger partial charge >= 0.3 is 6.18 Å². The standard InChI is InChI=1S/C9H14F3N3/c1-2-8-14-3-4-15(8)6-7(5-13)9(10,11)12/h3-4,7H,2,5-6,13H2,1H3. The van der Waals surface area contributed by atoms with Gasteiger partial charge in [-0.1, -0.05) is 6.92 Å². The Bertz CT molecular complexity index is 306. The second-order valence-corrected chi connectivity index (χ2v) is 3.32. The van der Waals surface area contributed by atoms with Crippen LogP contribution in [-0.4, -0.2) is 22.3 Å². The molecule has 0 aliphatic rings. The quantitative estimate of drug-likeness (QED) is 0.838. The molecule has 1 heterocycles. The Morgan fingerprint density at radius 2 is 2.20 bits per heavy atom.